The molecule has 1 aromatic rings. The summed E-state index contributed by atoms with van der Waals surface area (Å²) in [5, 5.41) is 8.90. The molecule has 0 aromatic heterocycles. The highest BCUT2D eigenvalue weighted by atomic mass is 19.2. The van der Waals surface area contributed by atoms with Crippen LogP contribution in [0.15, 0.2) is 12.1 Å². The number of halogens is 3. The molecule has 0 heterocycles. The topological polar surface area (TPSA) is 63.6 Å². The Labute approximate surface area is 132 Å². The van der Waals surface area contributed by atoms with Crippen molar-refractivity contribution in [2.45, 2.75) is 45.6 Å². The Bertz CT molecular complexity index is 594. The average Bonchev–Trinajstić information content (AvgIpc) is 2.32. The Morgan fingerprint density at radius 2 is 1.65 bits per heavy atom. The Hall–Kier alpha value is -2.05. The highest BCUT2D eigenvalue weighted by Crippen LogP contribution is 2.22. The maximum atomic E-state index is 13.7. The van der Waals surface area contributed by atoms with E-state index in [0.717, 1.165) is 0 Å². The van der Waals surface area contributed by atoms with Crippen LogP contribution in [-0.2, 0) is 20.7 Å². The van der Waals surface area contributed by atoms with E-state index in [1.54, 1.807) is 20.8 Å². The number of esters is 1. The lowest BCUT2D eigenvalue weighted by Crippen LogP contribution is -2.26. The van der Waals surface area contributed by atoms with Crippen LogP contribution >= 0.6 is 0 Å². The summed E-state index contributed by atoms with van der Waals surface area (Å²) < 4.78 is 44.9. The SMILES string of the molecule is CC(C)(C)OC(=O)C[C@@H](CC(=O)O)Cc1cc(F)c(F)cc1F. The number of carboxylic acids is 1. The minimum atomic E-state index is -1.33. The van der Waals surface area contributed by atoms with E-state index in [9.17, 15) is 22.8 Å². The number of hydrogen-bond donors (Lipinski definition) is 1. The third-order valence-electron chi connectivity index (χ3n) is 2.94. The summed E-state index contributed by atoms with van der Waals surface area (Å²) in [4.78, 5) is 22.7. The molecule has 128 valence electrons. The predicted molar refractivity (Wildman–Crippen MR) is 76.2 cm³/mol. The number of carbonyl (C=O) groups is 2. The van der Waals surface area contributed by atoms with Crippen LogP contribution in [0.5, 0.6) is 0 Å². The summed E-state index contributed by atoms with van der Waals surface area (Å²) in [7, 11) is 0. The van der Waals surface area contributed by atoms with Gasteiger partial charge in [-0.1, -0.05) is 0 Å². The zero-order valence-corrected chi connectivity index (χ0v) is 13.2. The monoisotopic (exact) mass is 332 g/mol. The molecule has 1 atom stereocenters. The fourth-order valence-corrected chi connectivity index (χ4v) is 2.11. The fraction of sp³-hybridized carbons (Fsp3) is 0.500. The summed E-state index contributed by atoms with van der Waals surface area (Å²) in [5.74, 6) is -6.14. The van der Waals surface area contributed by atoms with Crippen LogP contribution in [0.2, 0.25) is 0 Å². The van der Waals surface area contributed by atoms with Gasteiger partial charge in [0.15, 0.2) is 11.6 Å². The molecule has 0 unspecified atom stereocenters. The van der Waals surface area contributed by atoms with Gasteiger partial charge in [0.1, 0.15) is 11.4 Å². The minimum Gasteiger partial charge on any atom is -0.481 e. The Balaban J connectivity index is 2.89. The molecule has 0 saturated heterocycles. The molecule has 0 aliphatic carbocycles. The molecule has 4 nitrogen and oxygen atoms in total. The summed E-state index contributed by atoms with van der Waals surface area (Å²) in [5.41, 5.74) is -0.920. The van der Waals surface area contributed by atoms with Crippen LogP contribution < -0.4 is 0 Å². The van der Waals surface area contributed by atoms with Crippen LogP contribution in [0.1, 0.15) is 39.2 Å². The molecule has 1 aromatic carbocycles. The van der Waals surface area contributed by atoms with Crippen molar-refractivity contribution in [1.82, 2.24) is 0 Å². The van der Waals surface area contributed by atoms with E-state index in [1.165, 1.54) is 0 Å². The van der Waals surface area contributed by atoms with E-state index < -0.39 is 47.3 Å². The lowest BCUT2D eigenvalue weighted by molar-refractivity contribution is -0.156. The van der Waals surface area contributed by atoms with E-state index in [0.29, 0.717) is 12.1 Å². The average molecular weight is 332 g/mol. The van der Waals surface area contributed by atoms with Crippen LogP contribution in [-0.4, -0.2) is 22.6 Å². The first-order valence-corrected chi connectivity index (χ1v) is 7.05. The van der Waals surface area contributed by atoms with Crippen LogP contribution in [0.25, 0.3) is 0 Å². The van der Waals surface area contributed by atoms with E-state index in [-0.39, 0.29) is 18.4 Å². The van der Waals surface area contributed by atoms with Crippen molar-refractivity contribution in [3.05, 3.63) is 35.1 Å². The van der Waals surface area contributed by atoms with Crippen molar-refractivity contribution in [1.29, 1.82) is 0 Å². The van der Waals surface area contributed by atoms with Gasteiger partial charge in [0.2, 0.25) is 0 Å². The zero-order chi connectivity index (χ0) is 17.8. The summed E-state index contributed by atoms with van der Waals surface area (Å²) in [6.45, 7) is 4.98. The second-order valence-corrected chi connectivity index (χ2v) is 6.32. The van der Waals surface area contributed by atoms with Gasteiger partial charge >= 0.3 is 11.9 Å². The number of ether oxygens (including phenoxy) is 1. The fourth-order valence-electron chi connectivity index (χ4n) is 2.11. The van der Waals surface area contributed by atoms with Crippen molar-refractivity contribution in [3.63, 3.8) is 0 Å². The van der Waals surface area contributed by atoms with Gasteiger partial charge in [0.05, 0.1) is 0 Å². The van der Waals surface area contributed by atoms with Gasteiger partial charge in [-0.05, 0) is 44.7 Å². The first kappa shape index (κ1) is 19.0. The van der Waals surface area contributed by atoms with Crippen molar-refractivity contribution < 1.29 is 32.6 Å². The van der Waals surface area contributed by atoms with Crippen LogP contribution in [0, 0.1) is 23.4 Å². The molecule has 23 heavy (non-hydrogen) atoms. The second kappa shape index (κ2) is 7.48. The number of benzene rings is 1. The number of carbonyl (C=O) groups excluding carboxylic acids is 1. The van der Waals surface area contributed by atoms with Gasteiger partial charge in [-0.2, -0.15) is 0 Å². The van der Waals surface area contributed by atoms with Gasteiger partial charge in [0.25, 0.3) is 0 Å². The van der Waals surface area contributed by atoms with Gasteiger partial charge in [0, 0.05) is 18.9 Å². The second-order valence-electron chi connectivity index (χ2n) is 6.32. The minimum absolute atomic E-state index is 0.182. The van der Waals surface area contributed by atoms with Crippen molar-refractivity contribution in [2.24, 2.45) is 5.92 Å². The van der Waals surface area contributed by atoms with Crippen molar-refractivity contribution in [3.8, 4) is 0 Å². The Kier molecular flexibility index (Phi) is 6.18. The molecule has 0 bridgehead atoms. The van der Waals surface area contributed by atoms with Crippen molar-refractivity contribution in [2.75, 3.05) is 0 Å². The molecule has 0 aliphatic rings. The number of hydrogen-bond acceptors (Lipinski definition) is 3. The normalized spacial score (nSPS) is 12.8. The van der Waals surface area contributed by atoms with Gasteiger partial charge in [-0.3, -0.25) is 9.59 Å². The lowest BCUT2D eigenvalue weighted by Gasteiger charge is -2.22. The predicted octanol–water partition coefficient (Wildman–Crippen LogP) is 3.47. The number of rotatable bonds is 6. The van der Waals surface area contributed by atoms with Gasteiger partial charge in [-0.25, -0.2) is 13.2 Å². The largest absolute Gasteiger partial charge is 0.481 e. The summed E-state index contributed by atoms with van der Waals surface area (Å²) in [6, 6.07) is 1.07. The van der Waals surface area contributed by atoms with E-state index in [2.05, 4.69) is 0 Å². The molecular weight excluding hydrogens is 313 g/mol. The van der Waals surface area contributed by atoms with Crippen LogP contribution in [0.4, 0.5) is 13.2 Å². The number of carboxylic acid groups (broad SMARTS) is 1. The molecule has 1 N–H and O–H groups in total. The standard InChI is InChI=1S/C16H19F3O4/c1-16(2,3)23-15(22)6-9(5-14(20)21)4-10-7-12(18)13(19)8-11(10)17/h7-9H,4-6H2,1-3H3,(H,20,21)/t9-/m1/s1. The van der Waals surface area contributed by atoms with Gasteiger partial charge < -0.3 is 9.84 Å². The van der Waals surface area contributed by atoms with E-state index in [1.807, 2.05) is 0 Å². The molecule has 7 heteroatoms. The summed E-state index contributed by atoms with van der Waals surface area (Å²) >= 11 is 0. The molecule has 0 saturated carbocycles. The molecular formula is C16H19F3O4. The quantitative estimate of drug-likeness (QED) is 0.640. The zero-order valence-electron chi connectivity index (χ0n) is 13.2. The van der Waals surface area contributed by atoms with Crippen molar-refractivity contribution >= 4 is 11.9 Å². The third-order valence-corrected chi connectivity index (χ3v) is 2.94. The highest BCUT2D eigenvalue weighted by molar-refractivity contribution is 5.72. The van der Waals surface area contributed by atoms with Gasteiger partial charge in [-0.15, -0.1) is 0 Å². The molecule has 0 fully saturated rings. The van der Waals surface area contributed by atoms with E-state index >= 15 is 0 Å². The first-order valence-electron chi connectivity index (χ1n) is 7.05. The Morgan fingerprint density at radius 1 is 1.09 bits per heavy atom. The first-order chi connectivity index (χ1) is 10.5. The molecule has 0 aliphatic heterocycles. The molecule has 0 radical (unpaired) electrons. The summed E-state index contributed by atoms with van der Waals surface area (Å²) in [6.07, 6.45) is -0.895. The lowest BCUT2D eigenvalue weighted by atomic mass is 9.92. The maximum absolute atomic E-state index is 13.7. The van der Waals surface area contributed by atoms with Crippen LogP contribution in [0.3, 0.4) is 0 Å². The maximum Gasteiger partial charge on any atom is 0.306 e. The third kappa shape index (κ3) is 6.71. The molecule has 0 amide bonds. The molecule has 1 rings (SSSR count). The van der Waals surface area contributed by atoms with E-state index in [4.69, 9.17) is 9.84 Å². The highest BCUT2D eigenvalue weighted by Gasteiger charge is 2.24. The number of aliphatic carboxylic acids is 1. The Morgan fingerprint density at radius 3 is 2.17 bits per heavy atom. The molecule has 0 spiro atoms. The smallest absolute Gasteiger partial charge is 0.306 e.